The van der Waals surface area contributed by atoms with Gasteiger partial charge >= 0.3 is 0 Å². The molecule has 0 fully saturated rings. The van der Waals surface area contributed by atoms with Crippen LogP contribution >= 0.6 is 15.9 Å². The topological polar surface area (TPSA) is 25.2 Å². The van der Waals surface area contributed by atoms with Crippen molar-refractivity contribution >= 4 is 15.9 Å². The highest BCUT2D eigenvalue weighted by Crippen LogP contribution is 2.20. The van der Waals surface area contributed by atoms with E-state index in [-0.39, 0.29) is 11.9 Å². The fourth-order valence-corrected chi connectivity index (χ4v) is 2.12. The molecule has 18 heavy (non-hydrogen) atoms. The fourth-order valence-electron chi connectivity index (χ4n) is 1.73. The minimum atomic E-state index is -0.225. The summed E-state index contributed by atoms with van der Waals surface area (Å²) in [4.78, 5) is 0. The van der Waals surface area contributed by atoms with Crippen molar-refractivity contribution in [3.8, 4) is 0 Å². The Morgan fingerprint density at radius 2 is 2.11 bits per heavy atom. The van der Waals surface area contributed by atoms with E-state index in [0.717, 1.165) is 21.6 Å². The molecule has 2 nitrogen and oxygen atoms in total. The van der Waals surface area contributed by atoms with Gasteiger partial charge in [-0.25, -0.2) is 4.39 Å². The second-order valence-corrected chi connectivity index (χ2v) is 5.14. The number of aryl methyl sites for hydroxylation is 1. The number of hydrogen-bond acceptors (Lipinski definition) is 2. The van der Waals surface area contributed by atoms with Crippen molar-refractivity contribution in [1.29, 1.82) is 0 Å². The maximum absolute atomic E-state index is 13.1. The zero-order chi connectivity index (χ0) is 13.1. The Morgan fingerprint density at radius 1 is 1.33 bits per heavy atom. The molecular formula is C14H15BrFNO. The second kappa shape index (κ2) is 5.67. The lowest BCUT2D eigenvalue weighted by atomic mass is 10.2. The molecule has 0 amide bonds. The summed E-state index contributed by atoms with van der Waals surface area (Å²) in [6.45, 7) is 4.52. The fraction of sp³-hybridized carbons (Fsp3) is 0.286. The van der Waals surface area contributed by atoms with Crippen molar-refractivity contribution in [2.24, 2.45) is 0 Å². The van der Waals surface area contributed by atoms with E-state index in [4.69, 9.17) is 4.42 Å². The summed E-state index contributed by atoms with van der Waals surface area (Å²) < 4.78 is 19.6. The van der Waals surface area contributed by atoms with E-state index in [1.165, 1.54) is 12.1 Å². The molecular weight excluding hydrogens is 297 g/mol. The first kappa shape index (κ1) is 13.3. The third-order valence-electron chi connectivity index (χ3n) is 2.79. The monoisotopic (exact) mass is 311 g/mol. The highest BCUT2D eigenvalue weighted by molar-refractivity contribution is 9.10. The summed E-state index contributed by atoms with van der Waals surface area (Å²) in [5.41, 5.74) is 0.894. The summed E-state index contributed by atoms with van der Waals surface area (Å²) in [5, 5.41) is 3.31. The van der Waals surface area contributed by atoms with Crippen LogP contribution in [0.25, 0.3) is 0 Å². The molecule has 0 radical (unpaired) electrons. The molecule has 0 aliphatic heterocycles. The first-order chi connectivity index (χ1) is 8.56. The number of hydrogen-bond donors (Lipinski definition) is 1. The number of rotatable bonds is 4. The van der Waals surface area contributed by atoms with Crippen LogP contribution in [0.1, 0.15) is 30.0 Å². The van der Waals surface area contributed by atoms with Crippen LogP contribution in [0.5, 0.6) is 0 Å². The van der Waals surface area contributed by atoms with Gasteiger partial charge < -0.3 is 9.73 Å². The molecule has 0 saturated heterocycles. The van der Waals surface area contributed by atoms with E-state index in [0.29, 0.717) is 6.54 Å². The van der Waals surface area contributed by atoms with Crippen LogP contribution in [0.2, 0.25) is 0 Å². The minimum Gasteiger partial charge on any atom is -0.465 e. The van der Waals surface area contributed by atoms with E-state index in [2.05, 4.69) is 21.2 Å². The van der Waals surface area contributed by atoms with Gasteiger partial charge in [-0.3, -0.25) is 0 Å². The van der Waals surface area contributed by atoms with E-state index in [9.17, 15) is 4.39 Å². The summed E-state index contributed by atoms with van der Waals surface area (Å²) in [6.07, 6.45) is 0. The zero-order valence-electron chi connectivity index (χ0n) is 10.3. The SMILES string of the molecule is Cc1ccc(C(C)NCc2cc(F)ccc2Br)o1. The number of furan rings is 1. The predicted octanol–water partition coefficient (Wildman–Crippen LogP) is 4.34. The van der Waals surface area contributed by atoms with Gasteiger partial charge in [0.15, 0.2) is 0 Å². The molecule has 4 heteroatoms. The molecule has 1 unspecified atom stereocenters. The van der Waals surface area contributed by atoms with Crippen LogP contribution in [-0.4, -0.2) is 0 Å². The normalized spacial score (nSPS) is 12.7. The van der Waals surface area contributed by atoms with Crippen LogP contribution in [0.15, 0.2) is 39.2 Å². The number of nitrogens with one attached hydrogen (secondary N) is 1. The van der Waals surface area contributed by atoms with Crippen LogP contribution in [0.4, 0.5) is 4.39 Å². The highest BCUT2D eigenvalue weighted by atomic mass is 79.9. The Morgan fingerprint density at radius 3 is 2.78 bits per heavy atom. The second-order valence-electron chi connectivity index (χ2n) is 4.29. The Bertz CT molecular complexity index is 538. The molecule has 0 aliphatic rings. The molecule has 1 aromatic carbocycles. The van der Waals surface area contributed by atoms with E-state index >= 15 is 0 Å². The largest absolute Gasteiger partial charge is 0.465 e. The Balaban J connectivity index is 2.01. The maximum atomic E-state index is 13.1. The van der Waals surface area contributed by atoms with Crippen molar-refractivity contribution in [2.45, 2.75) is 26.4 Å². The molecule has 0 saturated carbocycles. The first-order valence-electron chi connectivity index (χ1n) is 5.80. The van der Waals surface area contributed by atoms with Gasteiger partial charge in [-0.15, -0.1) is 0 Å². The lowest BCUT2D eigenvalue weighted by molar-refractivity contribution is 0.415. The molecule has 1 heterocycles. The van der Waals surface area contributed by atoms with Crippen molar-refractivity contribution in [2.75, 3.05) is 0 Å². The summed E-state index contributed by atoms with van der Waals surface area (Å²) in [5.74, 6) is 1.56. The summed E-state index contributed by atoms with van der Waals surface area (Å²) in [7, 11) is 0. The van der Waals surface area contributed by atoms with E-state index < -0.39 is 0 Å². The van der Waals surface area contributed by atoms with Gasteiger partial charge in [0.1, 0.15) is 17.3 Å². The number of halogens is 2. The molecule has 96 valence electrons. The van der Waals surface area contributed by atoms with Gasteiger partial charge in [-0.1, -0.05) is 15.9 Å². The quantitative estimate of drug-likeness (QED) is 0.908. The third-order valence-corrected chi connectivity index (χ3v) is 3.57. The van der Waals surface area contributed by atoms with Gasteiger partial charge in [0.25, 0.3) is 0 Å². The molecule has 1 aromatic heterocycles. The molecule has 1 atom stereocenters. The minimum absolute atomic E-state index is 0.0915. The van der Waals surface area contributed by atoms with Crippen LogP contribution < -0.4 is 5.32 Å². The Kier molecular flexibility index (Phi) is 4.19. The standard InChI is InChI=1S/C14H15BrFNO/c1-9-3-6-14(18-9)10(2)17-8-11-7-12(16)4-5-13(11)15/h3-7,10,17H,8H2,1-2H3. The smallest absolute Gasteiger partial charge is 0.123 e. The molecule has 1 N–H and O–H groups in total. The zero-order valence-corrected chi connectivity index (χ0v) is 11.9. The summed E-state index contributed by atoms with van der Waals surface area (Å²) in [6, 6.07) is 8.66. The van der Waals surface area contributed by atoms with Crippen molar-refractivity contribution in [3.63, 3.8) is 0 Å². The Hall–Kier alpha value is -1.13. The average Bonchev–Trinajstić information content (AvgIpc) is 2.77. The van der Waals surface area contributed by atoms with E-state index in [1.807, 2.05) is 26.0 Å². The van der Waals surface area contributed by atoms with Crippen molar-refractivity contribution < 1.29 is 8.81 Å². The van der Waals surface area contributed by atoms with Gasteiger partial charge in [0.2, 0.25) is 0 Å². The molecule has 0 aliphatic carbocycles. The van der Waals surface area contributed by atoms with Gasteiger partial charge in [-0.2, -0.15) is 0 Å². The van der Waals surface area contributed by atoms with Crippen molar-refractivity contribution in [3.05, 3.63) is 57.7 Å². The molecule has 0 bridgehead atoms. The van der Waals surface area contributed by atoms with Crippen LogP contribution in [-0.2, 0) is 6.54 Å². The number of benzene rings is 1. The highest BCUT2D eigenvalue weighted by Gasteiger charge is 2.10. The summed E-state index contributed by atoms with van der Waals surface area (Å²) >= 11 is 3.41. The van der Waals surface area contributed by atoms with Crippen LogP contribution in [0.3, 0.4) is 0 Å². The van der Waals surface area contributed by atoms with Gasteiger partial charge in [0.05, 0.1) is 6.04 Å². The lowest BCUT2D eigenvalue weighted by Gasteiger charge is -2.12. The third kappa shape index (κ3) is 3.21. The average molecular weight is 312 g/mol. The van der Waals surface area contributed by atoms with Crippen LogP contribution in [0, 0.1) is 12.7 Å². The molecule has 0 spiro atoms. The predicted molar refractivity (Wildman–Crippen MR) is 72.8 cm³/mol. The van der Waals surface area contributed by atoms with Gasteiger partial charge in [0, 0.05) is 11.0 Å². The molecule has 2 rings (SSSR count). The van der Waals surface area contributed by atoms with Gasteiger partial charge in [-0.05, 0) is 49.7 Å². The maximum Gasteiger partial charge on any atom is 0.123 e. The van der Waals surface area contributed by atoms with E-state index in [1.54, 1.807) is 6.07 Å². The Labute approximate surface area is 114 Å². The first-order valence-corrected chi connectivity index (χ1v) is 6.59. The lowest BCUT2D eigenvalue weighted by Crippen LogP contribution is -2.18. The molecule has 2 aromatic rings. The van der Waals surface area contributed by atoms with Crippen molar-refractivity contribution in [1.82, 2.24) is 5.32 Å².